The van der Waals surface area contributed by atoms with Crippen LogP contribution in [0.5, 0.6) is 0 Å². The highest BCUT2D eigenvalue weighted by atomic mass is 32.2. The van der Waals surface area contributed by atoms with Crippen LogP contribution in [0.1, 0.15) is 29.8 Å². The molecule has 7 nitrogen and oxygen atoms in total. The van der Waals surface area contributed by atoms with Gasteiger partial charge in [-0.25, -0.2) is 0 Å². The molecule has 1 aromatic carbocycles. The summed E-state index contributed by atoms with van der Waals surface area (Å²) in [6.45, 7) is 5.97. The number of anilines is 1. The van der Waals surface area contributed by atoms with E-state index in [0.29, 0.717) is 25.4 Å². The Labute approximate surface area is 190 Å². The highest BCUT2D eigenvalue weighted by Gasteiger charge is 2.21. The molecular formula is C22H27N5O2S2. The molecule has 0 radical (unpaired) electrons. The van der Waals surface area contributed by atoms with Crippen LogP contribution < -0.4 is 10.2 Å². The zero-order valence-corrected chi connectivity index (χ0v) is 19.2. The van der Waals surface area contributed by atoms with Crippen molar-refractivity contribution in [3.63, 3.8) is 0 Å². The second-order valence-corrected chi connectivity index (χ2v) is 9.19. The number of amides is 1. The van der Waals surface area contributed by atoms with Crippen LogP contribution in [-0.4, -0.2) is 52.7 Å². The largest absolute Gasteiger partial charge is 0.378 e. The molecule has 3 aromatic rings. The van der Waals surface area contributed by atoms with Crippen LogP contribution in [0, 0.1) is 0 Å². The van der Waals surface area contributed by atoms with Gasteiger partial charge in [-0.05, 0) is 23.9 Å². The zero-order valence-electron chi connectivity index (χ0n) is 17.6. The van der Waals surface area contributed by atoms with Crippen molar-refractivity contribution in [2.24, 2.45) is 0 Å². The monoisotopic (exact) mass is 457 g/mol. The lowest BCUT2D eigenvalue weighted by atomic mass is 10.1. The van der Waals surface area contributed by atoms with E-state index >= 15 is 0 Å². The topological polar surface area (TPSA) is 72.3 Å². The second kappa shape index (κ2) is 10.8. The van der Waals surface area contributed by atoms with Crippen LogP contribution in [0.2, 0.25) is 0 Å². The number of rotatable bonds is 9. The van der Waals surface area contributed by atoms with E-state index in [9.17, 15) is 4.79 Å². The Morgan fingerprint density at radius 3 is 2.71 bits per heavy atom. The fourth-order valence-corrected chi connectivity index (χ4v) is 5.29. The summed E-state index contributed by atoms with van der Waals surface area (Å²) in [4.78, 5) is 16.1. The molecule has 1 saturated heterocycles. The van der Waals surface area contributed by atoms with E-state index < -0.39 is 0 Å². The molecule has 31 heavy (non-hydrogen) atoms. The lowest BCUT2D eigenvalue weighted by Gasteiger charge is -2.27. The third-order valence-electron chi connectivity index (χ3n) is 5.13. The second-order valence-electron chi connectivity index (χ2n) is 7.15. The highest BCUT2D eigenvalue weighted by Crippen LogP contribution is 2.27. The fraction of sp³-hybridized carbons (Fsp3) is 0.409. The van der Waals surface area contributed by atoms with Crippen molar-refractivity contribution in [1.29, 1.82) is 0 Å². The SMILES string of the molecule is CCn1c(SCCC(=O)NC(c2ccccc2)c2cccs2)nnc1N1CCOCC1. The minimum absolute atomic E-state index is 0.0331. The van der Waals surface area contributed by atoms with Crippen LogP contribution in [-0.2, 0) is 16.1 Å². The van der Waals surface area contributed by atoms with Gasteiger partial charge < -0.3 is 15.0 Å². The van der Waals surface area contributed by atoms with Crippen molar-refractivity contribution in [2.45, 2.75) is 31.1 Å². The van der Waals surface area contributed by atoms with Crippen molar-refractivity contribution >= 4 is 35.0 Å². The number of nitrogens with one attached hydrogen (secondary N) is 1. The minimum Gasteiger partial charge on any atom is -0.378 e. The number of thiophene rings is 1. The number of carbonyl (C=O) groups excluding carboxylic acids is 1. The molecule has 1 aliphatic rings. The number of benzene rings is 1. The van der Waals surface area contributed by atoms with Crippen LogP contribution in [0.15, 0.2) is 53.0 Å². The maximum absolute atomic E-state index is 12.7. The molecule has 0 aliphatic carbocycles. The first kappa shape index (κ1) is 21.9. The van der Waals surface area contributed by atoms with Gasteiger partial charge in [0, 0.05) is 36.7 Å². The molecule has 1 atom stereocenters. The van der Waals surface area contributed by atoms with Gasteiger partial charge in [0.2, 0.25) is 11.9 Å². The van der Waals surface area contributed by atoms with Crippen LogP contribution in [0.25, 0.3) is 0 Å². The van der Waals surface area contributed by atoms with E-state index in [1.807, 2.05) is 29.6 Å². The lowest BCUT2D eigenvalue weighted by Crippen LogP contribution is -2.38. The summed E-state index contributed by atoms with van der Waals surface area (Å²) in [5, 5.41) is 14.9. The van der Waals surface area contributed by atoms with E-state index in [2.05, 4.69) is 50.1 Å². The van der Waals surface area contributed by atoms with E-state index in [1.54, 1.807) is 23.1 Å². The Morgan fingerprint density at radius 1 is 1.19 bits per heavy atom. The first-order valence-electron chi connectivity index (χ1n) is 10.5. The number of thioether (sulfide) groups is 1. The van der Waals surface area contributed by atoms with Gasteiger partial charge in [-0.3, -0.25) is 9.36 Å². The Kier molecular flexibility index (Phi) is 7.61. The molecule has 1 fully saturated rings. The Morgan fingerprint density at radius 2 is 2.00 bits per heavy atom. The van der Waals surface area contributed by atoms with Gasteiger partial charge in [-0.2, -0.15) is 0 Å². The molecule has 0 bridgehead atoms. The van der Waals surface area contributed by atoms with Gasteiger partial charge in [-0.1, -0.05) is 48.2 Å². The van der Waals surface area contributed by atoms with E-state index in [-0.39, 0.29) is 11.9 Å². The summed E-state index contributed by atoms with van der Waals surface area (Å²) in [7, 11) is 0. The number of morpholine rings is 1. The molecule has 0 spiro atoms. The van der Waals surface area contributed by atoms with Crippen molar-refractivity contribution in [1.82, 2.24) is 20.1 Å². The molecule has 2 aromatic heterocycles. The van der Waals surface area contributed by atoms with Gasteiger partial charge >= 0.3 is 0 Å². The molecule has 4 rings (SSSR count). The molecular weight excluding hydrogens is 430 g/mol. The van der Waals surface area contributed by atoms with Crippen LogP contribution in [0.4, 0.5) is 5.95 Å². The molecule has 164 valence electrons. The van der Waals surface area contributed by atoms with E-state index in [1.165, 1.54) is 0 Å². The summed E-state index contributed by atoms with van der Waals surface area (Å²) in [6.07, 6.45) is 0.419. The number of ether oxygens (including phenoxy) is 1. The molecule has 1 N–H and O–H groups in total. The predicted molar refractivity (Wildman–Crippen MR) is 125 cm³/mol. The van der Waals surface area contributed by atoms with Crippen molar-refractivity contribution in [3.05, 3.63) is 58.3 Å². The quantitative estimate of drug-likeness (QED) is 0.495. The summed E-state index contributed by atoms with van der Waals surface area (Å²) in [5.41, 5.74) is 1.09. The Balaban J connectivity index is 1.35. The summed E-state index contributed by atoms with van der Waals surface area (Å²) in [6, 6.07) is 14.1. The summed E-state index contributed by atoms with van der Waals surface area (Å²) >= 11 is 3.23. The highest BCUT2D eigenvalue weighted by molar-refractivity contribution is 7.99. The van der Waals surface area contributed by atoms with Gasteiger partial charge in [0.05, 0.1) is 19.3 Å². The maximum atomic E-state index is 12.7. The van der Waals surface area contributed by atoms with Crippen LogP contribution >= 0.6 is 23.1 Å². The van der Waals surface area contributed by atoms with Crippen molar-refractivity contribution in [2.75, 3.05) is 37.0 Å². The molecule has 9 heteroatoms. The van der Waals surface area contributed by atoms with Crippen molar-refractivity contribution in [3.8, 4) is 0 Å². The minimum atomic E-state index is -0.120. The molecule has 1 aliphatic heterocycles. The number of aromatic nitrogens is 3. The summed E-state index contributed by atoms with van der Waals surface area (Å²) < 4.78 is 7.55. The smallest absolute Gasteiger partial charge is 0.228 e. The first-order valence-corrected chi connectivity index (χ1v) is 12.4. The molecule has 0 saturated carbocycles. The number of hydrogen-bond donors (Lipinski definition) is 1. The van der Waals surface area contributed by atoms with Gasteiger partial charge in [0.25, 0.3) is 0 Å². The molecule has 1 unspecified atom stereocenters. The van der Waals surface area contributed by atoms with Crippen molar-refractivity contribution < 1.29 is 9.53 Å². The standard InChI is InChI=1S/C22H27N5O2S2/c1-2-27-21(26-11-13-29-14-12-26)24-25-22(27)31-16-10-19(28)23-20(18-9-6-15-30-18)17-7-4-3-5-8-17/h3-9,15,20H,2,10-14,16H2,1H3,(H,23,28). The third-order valence-corrected chi connectivity index (χ3v) is 7.04. The Hall–Kier alpha value is -2.36. The Bertz CT molecular complexity index is 956. The lowest BCUT2D eigenvalue weighted by molar-refractivity contribution is -0.121. The van der Waals surface area contributed by atoms with Gasteiger partial charge in [-0.15, -0.1) is 21.5 Å². The third kappa shape index (κ3) is 5.47. The average molecular weight is 458 g/mol. The molecule has 1 amide bonds. The number of hydrogen-bond acceptors (Lipinski definition) is 7. The number of nitrogens with zero attached hydrogens (tertiary/aromatic N) is 4. The average Bonchev–Trinajstić information content (AvgIpc) is 3.49. The zero-order chi connectivity index (χ0) is 21.5. The predicted octanol–water partition coefficient (Wildman–Crippen LogP) is 3.58. The fourth-order valence-electron chi connectivity index (χ4n) is 3.55. The van der Waals surface area contributed by atoms with Gasteiger partial charge in [0.15, 0.2) is 5.16 Å². The first-order chi connectivity index (χ1) is 15.3. The number of carbonyl (C=O) groups is 1. The van der Waals surface area contributed by atoms with E-state index in [4.69, 9.17) is 4.74 Å². The normalized spacial score (nSPS) is 15.1. The maximum Gasteiger partial charge on any atom is 0.228 e. The molecule has 3 heterocycles. The summed E-state index contributed by atoms with van der Waals surface area (Å²) in [5.74, 6) is 1.57. The van der Waals surface area contributed by atoms with Crippen LogP contribution in [0.3, 0.4) is 0 Å². The van der Waals surface area contributed by atoms with Gasteiger partial charge in [0.1, 0.15) is 0 Å². The van der Waals surface area contributed by atoms with E-state index in [0.717, 1.165) is 41.2 Å².